The number of amides is 1. The second-order valence-electron chi connectivity index (χ2n) is 6.34. The molecule has 1 amide bonds. The minimum absolute atomic E-state index is 0.255. The van der Waals surface area contributed by atoms with Gasteiger partial charge in [-0.05, 0) is 25.0 Å². The maximum Gasteiger partial charge on any atom is 0.291 e. The third kappa shape index (κ3) is 2.88. The summed E-state index contributed by atoms with van der Waals surface area (Å²) in [6.45, 7) is 4.00. The van der Waals surface area contributed by atoms with Crippen molar-refractivity contribution >= 4 is 22.5 Å². The average molecular weight is 365 g/mol. The smallest absolute Gasteiger partial charge is 0.291 e. The molecule has 0 spiro atoms. The van der Waals surface area contributed by atoms with E-state index in [0.29, 0.717) is 29.9 Å². The molecule has 0 saturated carbocycles. The van der Waals surface area contributed by atoms with E-state index in [-0.39, 0.29) is 11.5 Å². The van der Waals surface area contributed by atoms with Gasteiger partial charge in [0.25, 0.3) is 5.56 Å². The van der Waals surface area contributed by atoms with Gasteiger partial charge in [-0.25, -0.2) is 4.68 Å². The number of fused-ring (bicyclic) bond motifs is 3. The topological polar surface area (TPSA) is 94.4 Å². The monoisotopic (exact) mass is 365 g/mol. The number of nitrogens with zero attached hydrogens (tertiary/aromatic N) is 4. The Morgan fingerprint density at radius 3 is 2.93 bits per heavy atom. The van der Waals surface area contributed by atoms with Crippen molar-refractivity contribution in [3.8, 4) is 0 Å². The van der Waals surface area contributed by atoms with Crippen molar-refractivity contribution in [3.05, 3.63) is 64.7 Å². The van der Waals surface area contributed by atoms with E-state index < -0.39 is 6.04 Å². The summed E-state index contributed by atoms with van der Waals surface area (Å²) in [7, 11) is 0. The second kappa shape index (κ2) is 6.71. The lowest BCUT2D eigenvalue weighted by atomic mass is 10.2. The Morgan fingerprint density at radius 2 is 2.19 bits per heavy atom. The van der Waals surface area contributed by atoms with E-state index in [1.807, 2.05) is 19.1 Å². The van der Waals surface area contributed by atoms with Gasteiger partial charge in [-0.2, -0.15) is 5.10 Å². The van der Waals surface area contributed by atoms with Crippen LogP contribution in [-0.4, -0.2) is 25.1 Å². The van der Waals surface area contributed by atoms with Crippen LogP contribution < -0.4 is 10.9 Å². The molecule has 1 N–H and O–H groups in total. The molecule has 0 aliphatic carbocycles. The highest BCUT2D eigenvalue weighted by molar-refractivity contribution is 5.83. The normalized spacial score (nSPS) is 12.5. The first kappa shape index (κ1) is 17.0. The molecular weight excluding hydrogens is 346 g/mol. The van der Waals surface area contributed by atoms with Crippen LogP contribution in [0.1, 0.15) is 30.8 Å². The number of aryl methyl sites for hydroxylation is 1. The standard InChI is InChI=1S/C19H19N5O3/c1-3-14(18(25)21-11-13-5-4-7-20-10-13)24-19(26)16-9-17-15(6-8-27-17)23(16)12(2)22-24/h4-10,14H,3,11H2,1-2H3,(H,21,25)/t14-/m1/s1. The number of rotatable bonds is 5. The molecule has 4 aromatic heterocycles. The molecule has 138 valence electrons. The van der Waals surface area contributed by atoms with E-state index in [1.165, 1.54) is 4.68 Å². The summed E-state index contributed by atoms with van der Waals surface area (Å²) in [6, 6.07) is 6.47. The zero-order valence-electron chi connectivity index (χ0n) is 15.0. The molecule has 0 radical (unpaired) electrons. The molecule has 4 heterocycles. The van der Waals surface area contributed by atoms with Crippen molar-refractivity contribution in [1.29, 1.82) is 0 Å². The van der Waals surface area contributed by atoms with E-state index in [4.69, 9.17) is 4.42 Å². The van der Waals surface area contributed by atoms with Crippen LogP contribution >= 0.6 is 0 Å². The molecule has 0 unspecified atom stereocenters. The first-order chi connectivity index (χ1) is 13.1. The first-order valence-electron chi connectivity index (χ1n) is 8.75. The van der Waals surface area contributed by atoms with E-state index in [1.54, 1.807) is 42.1 Å². The Balaban J connectivity index is 1.69. The van der Waals surface area contributed by atoms with E-state index in [2.05, 4.69) is 15.4 Å². The van der Waals surface area contributed by atoms with Crippen molar-refractivity contribution in [2.45, 2.75) is 32.9 Å². The molecule has 0 aliphatic rings. The van der Waals surface area contributed by atoms with Gasteiger partial charge in [-0.3, -0.25) is 19.0 Å². The lowest BCUT2D eigenvalue weighted by Gasteiger charge is -2.18. The van der Waals surface area contributed by atoms with Crippen molar-refractivity contribution in [3.63, 3.8) is 0 Å². The van der Waals surface area contributed by atoms with Gasteiger partial charge in [0.15, 0.2) is 5.58 Å². The molecule has 0 aromatic carbocycles. The summed E-state index contributed by atoms with van der Waals surface area (Å²) in [6.07, 6.45) is 5.38. The molecule has 4 aromatic rings. The maximum absolute atomic E-state index is 13.0. The third-order valence-corrected chi connectivity index (χ3v) is 4.60. The van der Waals surface area contributed by atoms with E-state index in [9.17, 15) is 9.59 Å². The van der Waals surface area contributed by atoms with Gasteiger partial charge in [0, 0.05) is 31.1 Å². The van der Waals surface area contributed by atoms with Crippen molar-refractivity contribution in [2.24, 2.45) is 0 Å². The molecule has 27 heavy (non-hydrogen) atoms. The van der Waals surface area contributed by atoms with Gasteiger partial charge in [-0.15, -0.1) is 0 Å². The zero-order valence-corrected chi connectivity index (χ0v) is 15.0. The quantitative estimate of drug-likeness (QED) is 0.585. The fraction of sp³-hybridized carbons (Fsp3) is 0.263. The summed E-state index contributed by atoms with van der Waals surface area (Å²) < 4.78 is 8.41. The van der Waals surface area contributed by atoms with Crippen LogP contribution in [-0.2, 0) is 11.3 Å². The fourth-order valence-electron chi connectivity index (χ4n) is 3.29. The Bertz CT molecular complexity index is 1170. The minimum atomic E-state index is -0.695. The van der Waals surface area contributed by atoms with Crippen LogP contribution in [0.2, 0.25) is 0 Å². The Kier molecular flexibility index (Phi) is 4.23. The molecule has 8 nitrogen and oxygen atoms in total. The van der Waals surface area contributed by atoms with Crippen LogP contribution in [0.25, 0.3) is 16.6 Å². The van der Waals surface area contributed by atoms with E-state index in [0.717, 1.165) is 11.1 Å². The van der Waals surface area contributed by atoms with E-state index >= 15 is 0 Å². The number of aromatic nitrogens is 4. The molecule has 0 fully saturated rings. The molecule has 0 saturated heterocycles. The highest BCUT2D eigenvalue weighted by atomic mass is 16.3. The predicted octanol–water partition coefficient (Wildman–Crippen LogP) is 2.21. The Hall–Kier alpha value is -3.42. The first-order valence-corrected chi connectivity index (χ1v) is 8.75. The number of carbonyl (C=O) groups excluding carboxylic acids is 1. The summed E-state index contributed by atoms with van der Waals surface area (Å²) in [5, 5.41) is 7.26. The summed E-state index contributed by atoms with van der Waals surface area (Å²) >= 11 is 0. The van der Waals surface area contributed by atoms with Crippen LogP contribution in [0.3, 0.4) is 0 Å². The number of furan rings is 1. The summed E-state index contributed by atoms with van der Waals surface area (Å²) in [5.41, 5.74) is 2.41. The van der Waals surface area contributed by atoms with Gasteiger partial charge in [0.05, 0.1) is 11.8 Å². The number of pyridine rings is 1. The predicted molar refractivity (Wildman–Crippen MR) is 99.4 cm³/mol. The highest BCUT2D eigenvalue weighted by Gasteiger charge is 2.23. The average Bonchev–Trinajstić information content (AvgIpc) is 3.26. The lowest BCUT2D eigenvalue weighted by Crippen LogP contribution is -2.39. The third-order valence-electron chi connectivity index (χ3n) is 4.60. The Labute approximate surface area is 154 Å². The zero-order chi connectivity index (χ0) is 19.0. The van der Waals surface area contributed by atoms with Gasteiger partial charge in [0.2, 0.25) is 5.91 Å². The molecule has 0 bridgehead atoms. The lowest BCUT2D eigenvalue weighted by molar-refractivity contribution is -0.125. The number of hydrogen-bond acceptors (Lipinski definition) is 5. The van der Waals surface area contributed by atoms with Crippen molar-refractivity contribution in [2.75, 3.05) is 0 Å². The van der Waals surface area contributed by atoms with Gasteiger partial charge >= 0.3 is 0 Å². The summed E-state index contributed by atoms with van der Waals surface area (Å²) in [4.78, 5) is 29.7. The minimum Gasteiger partial charge on any atom is -0.463 e. The van der Waals surface area contributed by atoms with Gasteiger partial charge in [-0.1, -0.05) is 13.0 Å². The summed E-state index contributed by atoms with van der Waals surface area (Å²) in [5.74, 6) is 0.356. The Morgan fingerprint density at radius 1 is 1.33 bits per heavy atom. The number of hydrogen-bond donors (Lipinski definition) is 1. The molecule has 8 heteroatoms. The molecule has 0 aliphatic heterocycles. The van der Waals surface area contributed by atoms with Crippen LogP contribution in [0, 0.1) is 6.92 Å². The highest BCUT2D eigenvalue weighted by Crippen LogP contribution is 2.21. The SMILES string of the molecule is CC[C@H](C(=O)NCc1cccnc1)n1nc(C)n2c(cc3occc32)c1=O. The van der Waals surface area contributed by atoms with Crippen molar-refractivity contribution in [1.82, 2.24) is 24.5 Å². The second-order valence-corrected chi connectivity index (χ2v) is 6.34. The van der Waals surface area contributed by atoms with Gasteiger partial charge in [0.1, 0.15) is 17.4 Å². The largest absolute Gasteiger partial charge is 0.463 e. The molecule has 1 atom stereocenters. The van der Waals surface area contributed by atoms with Crippen LogP contribution in [0.4, 0.5) is 0 Å². The maximum atomic E-state index is 13.0. The van der Waals surface area contributed by atoms with Crippen molar-refractivity contribution < 1.29 is 9.21 Å². The van der Waals surface area contributed by atoms with Crippen LogP contribution in [0.5, 0.6) is 0 Å². The number of carbonyl (C=O) groups is 1. The molecule has 4 rings (SSSR count). The van der Waals surface area contributed by atoms with Gasteiger partial charge < -0.3 is 9.73 Å². The molecular formula is C19H19N5O3. The van der Waals surface area contributed by atoms with Crippen LogP contribution in [0.15, 0.2) is 52.1 Å². The fourth-order valence-corrected chi connectivity index (χ4v) is 3.29. The number of nitrogens with one attached hydrogen (secondary N) is 1.